The first kappa shape index (κ1) is 19.7. The minimum Gasteiger partial charge on any atom is -0.355 e. The van der Waals surface area contributed by atoms with Gasteiger partial charge in [-0.25, -0.2) is 0 Å². The van der Waals surface area contributed by atoms with Crippen molar-refractivity contribution in [2.45, 2.75) is 49.2 Å². The molecule has 0 radical (unpaired) electrons. The maximum Gasteiger partial charge on any atom is 0.269 e. The summed E-state index contributed by atoms with van der Waals surface area (Å²) in [6.07, 6.45) is 6.22. The molecule has 1 unspecified atom stereocenters. The number of rotatable bonds is 8. The van der Waals surface area contributed by atoms with Crippen molar-refractivity contribution in [3.63, 3.8) is 0 Å². The number of nitrogens with zero attached hydrogens (tertiary/aromatic N) is 2. The van der Waals surface area contributed by atoms with E-state index in [1.165, 1.54) is 62.7 Å². The van der Waals surface area contributed by atoms with Gasteiger partial charge in [0.1, 0.15) is 0 Å². The molecule has 1 N–H and O–H groups in total. The Morgan fingerprint density at radius 2 is 1.88 bits per heavy atom. The van der Waals surface area contributed by atoms with Crippen molar-refractivity contribution in [2.75, 3.05) is 26.2 Å². The number of amides is 1. The Morgan fingerprint density at radius 3 is 2.48 bits per heavy atom. The fraction of sp³-hybridized carbons (Fsp3) is 0.611. The lowest BCUT2D eigenvalue weighted by Crippen LogP contribution is -2.34. The topological polar surface area (TPSA) is 75.5 Å². The van der Waals surface area contributed by atoms with Crippen LogP contribution in [0.1, 0.15) is 39.0 Å². The van der Waals surface area contributed by atoms with E-state index < -0.39 is 4.92 Å². The van der Waals surface area contributed by atoms with Gasteiger partial charge in [0.2, 0.25) is 5.91 Å². The molecule has 0 saturated carbocycles. The lowest BCUT2D eigenvalue weighted by atomic mass is 10.2. The van der Waals surface area contributed by atoms with Crippen LogP contribution >= 0.6 is 11.8 Å². The molecule has 6 nitrogen and oxygen atoms in total. The number of nitrogens with one attached hydrogen (secondary N) is 1. The molecule has 138 valence electrons. The van der Waals surface area contributed by atoms with Crippen molar-refractivity contribution in [1.29, 1.82) is 0 Å². The van der Waals surface area contributed by atoms with Gasteiger partial charge in [-0.3, -0.25) is 14.9 Å². The van der Waals surface area contributed by atoms with Gasteiger partial charge in [0.05, 0.1) is 10.2 Å². The number of benzene rings is 1. The van der Waals surface area contributed by atoms with E-state index in [1.807, 2.05) is 6.92 Å². The number of thioether (sulfide) groups is 1. The molecule has 1 fully saturated rings. The van der Waals surface area contributed by atoms with Crippen LogP contribution in [-0.2, 0) is 4.79 Å². The molecule has 0 aliphatic carbocycles. The third-order valence-electron chi connectivity index (χ3n) is 4.38. The number of carbonyl (C=O) groups excluding carboxylic acids is 1. The second kappa shape index (κ2) is 10.4. The Morgan fingerprint density at radius 1 is 1.24 bits per heavy atom. The maximum absolute atomic E-state index is 12.2. The predicted octanol–water partition coefficient (Wildman–Crippen LogP) is 3.46. The van der Waals surface area contributed by atoms with Crippen LogP contribution in [0.5, 0.6) is 0 Å². The zero-order valence-corrected chi connectivity index (χ0v) is 15.6. The van der Waals surface area contributed by atoms with E-state index in [4.69, 9.17) is 0 Å². The van der Waals surface area contributed by atoms with Gasteiger partial charge in [-0.2, -0.15) is 0 Å². The van der Waals surface area contributed by atoms with Gasteiger partial charge in [-0.05, 0) is 58.0 Å². The van der Waals surface area contributed by atoms with Crippen LogP contribution < -0.4 is 5.32 Å². The van der Waals surface area contributed by atoms with Gasteiger partial charge in [-0.1, -0.05) is 12.8 Å². The lowest BCUT2D eigenvalue weighted by Gasteiger charge is -2.19. The monoisotopic (exact) mass is 365 g/mol. The molecule has 0 bridgehead atoms. The van der Waals surface area contributed by atoms with Crippen LogP contribution in [-0.4, -0.2) is 47.2 Å². The second-order valence-corrected chi connectivity index (χ2v) is 7.83. The van der Waals surface area contributed by atoms with E-state index in [2.05, 4.69) is 10.2 Å². The molecule has 0 spiro atoms. The number of hydrogen-bond donors (Lipinski definition) is 1. The SMILES string of the molecule is CC(Sc1ccc([N+](=O)[O-])cc1)C(=O)NCCCN1CCCCCC1. The summed E-state index contributed by atoms with van der Waals surface area (Å²) in [5.74, 6) is 0.0132. The fourth-order valence-corrected chi connectivity index (χ4v) is 3.81. The minimum absolute atomic E-state index is 0.0132. The zero-order chi connectivity index (χ0) is 18.1. The van der Waals surface area contributed by atoms with Crippen LogP contribution in [0.2, 0.25) is 0 Å². The number of carbonyl (C=O) groups is 1. The van der Waals surface area contributed by atoms with Crippen molar-refractivity contribution in [3.8, 4) is 0 Å². The number of nitro benzene ring substituents is 1. The summed E-state index contributed by atoms with van der Waals surface area (Å²) in [5.41, 5.74) is 0.0648. The molecule has 1 aliphatic rings. The van der Waals surface area contributed by atoms with Crippen LogP contribution in [0, 0.1) is 10.1 Å². The highest BCUT2D eigenvalue weighted by Crippen LogP contribution is 2.25. The predicted molar refractivity (Wildman–Crippen MR) is 101 cm³/mol. The van der Waals surface area contributed by atoms with Crippen molar-refractivity contribution in [1.82, 2.24) is 10.2 Å². The minimum atomic E-state index is -0.422. The molecule has 7 heteroatoms. The summed E-state index contributed by atoms with van der Waals surface area (Å²) < 4.78 is 0. The van der Waals surface area contributed by atoms with E-state index in [0.29, 0.717) is 6.54 Å². The largest absolute Gasteiger partial charge is 0.355 e. The highest BCUT2D eigenvalue weighted by atomic mass is 32.2. The molecule has 1 heterocycles. The Hall–Kier alpha value is -1.60. The molecule has 1 aromatic rings. The first-order valence-electron chi connectivity index (χ1n) is 8.97. The Balaban J connectivity index is 1.66. The molecule has 2 rings (SSSR count). The Labute approximate surface area is 153 Å². The smallest absolute Gasteiger partial charge is 0.269 e. The van der Waals surface area contributed by atoms with E-state index in [0.717, 1.165) is 17.9 Å². The molecule has 1 aromatic carbocycles. The summed E-state index contributed by atoms with van der Waals surface area (Å²) in [6.45, 7) is 5.96. The Kier molecular flexibility index (Phi) is 8.21. The van der Waals surface area contributed by atoms with Crippen LogP contribution in [0.4, 0.5) is 5.69 Å². The molecular formula is C18H27N3O3S. The number of non-ortho nitro benzene ring substituents is 1. The van der Waals surface area contributed by atoms with Crippen molar-refractivity contribution >= 4 is 23.4 Å². The van der Waals surface area contributed by atoms with Gasteiger partial charge in [0.25, 0.3) is 5.69 Å². The summed E-state index contributed by atoms with van der Waals surface area (Å²) >= 11 is 1.42. The summed E-state index contributed by atoms with van der Waals surface area (Å²) in [4.78, 5) is 25.8. The quantitative estimate of drug-likeness (QED) is 0.330. The van der Waals surface area contributed by atoms with Crippen molar-refractivity contribution < 1.29 is 9.72 Å². The summed E-state index contributed by atoms with van der Waals surface area (Å²) in [5, 5.41) is 13.4. The first-order valence-corrected chi connectivity index (χ1v) is 9.85. The number of hydrogen-bond acceptors (Lipinski definition) is 5. The number of likely N-dealkylation sites (tertiary alicyclic amines) is 1. The number of nitro groups is 1. The molecule has 1 aliphatic heterocycles. The average molecular weight is 365 g/mol. The van der Waals surface area contributed by atoms with E-state index in [1.54, 1.807) is 12.1 Å². The van der Waals surface area contributed by atoms with Gasteiger partial charge in [-0.15, -0.1) is 11.8 Å². The first-order chi connectivity index (χ1) is 12.1. The standard InChI is InChI=1S/C18H27N3O3S/c1-15(25-17-9-7-16(8-10-17)21(23)24)18(22)19-11-6-14-20-12-4-2-3-5-13-20/h7-10,15H,2-6,11-14H2,1H3,(H,19,22). The molecule has 0 aromatic heterocycles. The van der Waals surface area contributed by atoms with Crippen LogP contribution in [0.25, 0.3) is 0 Å². The van der Waals surface area contributed by atoms with Gasteiger partial charge in [0.15, 0.2) is 0 Å². The zero-order valence-electron chi connectivity index (χ0n) is 14.8. The average Bonchev–Trinajstić information content (AvgIpc) is 2.87. The van der Waals surface area contributed by atoms with Crippen LogP contribution in [0.15, 0.2) is 29.2 Å². The second-order valence-electron chi connectivity index (χ2n) is 6.41. The third kappa shape index (κ3) is 7.04. The van der Waals surface area contributed by atoms with Gasteiger partial charge >= 0.3 is 0 Å². The van der Waals surface area contributed by atoms with Crippen molar-refractivity contribution in [2.24, 2.45) is 0 Å². The molecule has 1 saturated heterocycles. The van der Waals surface area contributed by atoms with Gasteiger partial charge < -0.3 is 10.2 Å². The molecule has 25 heavy (non-hydrogen) atoms. The third-order valence-corrected chi connectivity index (χ3v) is 5.49. The maximum atomic E-state index is 12.2. The van der Waals surface area contributed by atoms with E-state index in [9.17, 15) is 14.9 Å². The fourth-order valence-electron chi connectivity index (χ4n) is 2.92. The molecular weight excluding hydrogens is 338 g/mol. The summed E-state index contributed by atoms with van der Waals surface area (Å²) in [7, 11) is 0. The highest BCUT2D eigenvalue weighted by molar-refractivity contribution is 8.00. The van der Waals surface area contributed by atoms with E-state index >= 15 is 0 Å². The van der Waals surface area contributed by atoms with Crippen LogP contribution in [0.3, 0.4) is 0 Å². The Bertz CT molecular complexity index is 557. The van der Waals surface area contributed by atoms with Crippen molar-refractivity contribution in [3.05, 3.63) is 34.4 Å². The normalized spacial score (nSPS) is 16.8. The lowest BCUT2D eigenvalue weighted by molar-refractivity contribution is -0.384. The molecule has 1 atom stereocenters. The van der Waals surface area contributed by atoms with E-state index in [-0.39, 0.29) is 16.8 Å². The molecule has 1 amide bonds. The van der Waals surface area contributed by atoms with Gasteiger partial charge in [0, 0.05) is 23.6 Å². The summed E-state index contributed by atoms with van der Waals surface area (Å²) in [6, 6.07) is 6.31. The highest BCUT2D eigenvalue weighted by Gasteiger charge is 2.15.